The fourth-order valence-corrected chi connectivity index (χ4v) is 5.34. The Balaban J connectivity index is 1.70. The Morgan fingerprint density at radius 3 is 2.36 bits per heavy atom. The smallest absolute Gasteiger partial charge is 0.416 e. The summed E-state index contributed by atoms with van der Waals surface area (Å²) in [5.41, 5.74) is 0.578. The molecule has 1 aromatic heterocycles. The number of amides is 2. The summed E-state index contributed by atoms with van der Waals surface area (Å²) in [5.74, 6) is -3.76. The van der Waals surface area contributed by atoms with Gasteiger partial charge in [0.25, 0.3) is 11.8 Å². The van der Waals surface area contributed by atoms with Crippen LogP contribution in [0, 0.1) is 5.82 Å². The average molecular weight is 607 g/mol. The number of benzene rings is 3. The maximum absolute atomic E-state index is 14.2. The van der Waals surface area contributed by atoms with Crippen LogP contribution in [0.2, 0.25) is 0 Å². The van der Waals surface area contributed by atoms with Crippen LogP contribution in [-0.4, -0.2) is 45.3 Å². The molecule has 1 aliphatic rings. The second kappa shape index (κ2) is 12.2. The van der Waals surface area contributed by atoms with E-state index in [0.29, 0.717) is 34.4 Å². The van der Waals surface area contributed by atoms with E-state index in [-0.39, 0.29) is 18.5 Å². The second-order valence-corrected chi connectivity index (χ2v) is 10.0. The first-order chi connectivity index (χ1) is 21.0. The molecule has 1 aliphatic heterocycles. The number of alkyl halides is 3. The van der Waals surface area contributed by atoms with Gasteiger partial charge in [0.2, 0.25) is 0 Å². The Morgan fingerprint density at radius 2 is 1.73 bits per heavy atom. The Labute approximate surface area is 249 Å². The van der Waals surface area contributed by atoms with Crippen LogP contribution in [0.4, 0.5) is 23.4 Å². The van der Waals surface area contributed by atoms with Gasteiger partial charge in [-0.3, -0.25) is 14.5 Å². The first kappa shape index (κ1) is 30.2. The van der Waals surface area contributed by atoms with Crippen molar-refractivity contribution in [2.75, 3.05) is 11.4 Å². The highest BCUT2D eigenvalue weighted by Gasteiger charge is 2.46. The van der Waals surface area contributed by atoms with Crippen LogP contribution >= 0.6 is 0 Å². The zero-order valence-electron chi connectivity index (χ0n) is 23.3. The normalized spacial score (nSPS) is 16.7. The largest absolute Gasteiger partial charge is 0.478 e. The molecule has 0 spiro atoms. The van der Waals surface area contributed by atoms with Gasteiger partial charge in [0.15, 0.2) is 0 Å². The van der Waals surface area contributed by atoms with Crippen LogP contribution in [0.1, 0.15) is 45.6 Å². The molecule has 0 saturated carbocycles. The summed E-state index contributed by atoms with van der Waals surface area (Å²) in [5, 5.41) is 16.6. The van der Waals surface area contributed by atoms with E-state index < -0.39 is 47.3 Å². The van der Waals surface area contributed by atoms with Crippen molar-refractivity contribution in [2.45, 2.75) is 31.5 Å². The number of fused-ring (bicyclic) bond motifs is 1. The lowest BCUT2D eigenvalue weighted by molar-refractivity contribution is -0.137. The Bertz CT molecular complexity index is 1730. The highest BCUT2D eigenvalue weighted by molar-refractivity contribution is 6.05. The van der Waals surface area contributed by atoms with Crippen LogP contribution < -0.4 is 10.2 Å². The quantitative estimate of drug-likeness (QED) is 0.203. The number of hydrogen-bond acceptors (Lipinski definition) is 4. The lowest BCUT2D eigenvalue weighted by Gasteiger charge is -2.38. The molecule has 3 aromatic carbocycles. The van der Waals surface area contributed by atoms with Crippen molar-refractivity contribution in [1.82, 2.24) is 15.1 Å². The molecule has 5 rings (SSSR count). The fourth-order valence-electron chi connectivity index (χ4n) is 5.34. The standard InChI is InChI=1S/C32H26F4N4O4/c1-2-39-30-27(24(12-7-13-25(41)42)38-40(30)23-10-4-3-5-11-23)26(19-14-16-22(33)17-15-19)28(31(39)44)37-29(43)20-8-6-9-21(18-20)32(34,35)36/h3-11,13-18,26,28H,2,12H2,1H3,(H,37,43)(H,41,42)/b13-7+/t26-,28-/m0/s1. The lowest BCUT2D eigenvalue weighted by atomic mass is 9.80. The molecule has 2 N–H and O–H groups in total. The molecule has 2 heterocycles. The zero-order chi connectivity index (χ0) is 31.6. The number of likely N-dealkylation sites (N-methyl/N-ethyl adjacent to an activating group) is 1. The number of anilines is 1. The molecular weight excluding hydrogens is 580 g/mol. The van der Waals surface area contributed by atoms with E-state index in [1.165, 1.54) is 41.3 Å². The molecule has 2 amide bonds. The van der Waals surface area contributed by atoms with Gasteiger partial charge in [-0.1, -0.05) is 42.5 Å². The molecule has 8 nitrogen and oxygen atoms in total. The van der Waals surface area contributed by atoms with Gasteiger partial charge >= 0.3 is 12.1 Å². The highest BCUT2D eigenvalue weighted by Crippen LogP contribution is 2.44. The predicted octanol–water partition coefficient (Wildman–Crippen LogP) is 5.51. The first-order valence-corrected chi connectivity index (χ1v) is 13.6. The van der Waals surface area contributed by atoms with E-state index in [1.54, 1.807) is 41.9 Å². The molecule has 0 bridgehead atoms. The fraction of sp³-hybridized carbons (Fsp3) is 0.188. The van der Waals surface area contributed by atoms with E-state index in [2.05, 4.69) is 5.32 Å². The Kier molecular flexibility index (Phi) is 8.34. The number of para-hydroxylation sites is 1. The molecule has 2 atom stereocenters. The van der Waals surface area contributed by atoms with Gasteiger partial charge in [0.05, 0.1) is 16.9 Å². The van der Waals surface area contributed by atoms with Gasteiger partial charge in [0.1, 0.15) is 17.7 Å². The summed E-state index contributed by atoms with van der Waals surface area (Å²) in [7, 11) is 0. The Hall–Kier alpha value is -5.26. The average Bonchev–Trinajstić information content (AvgIpc) is 3.36. The van der Waals surface area contributed by atoms with Crippen LogP contribution in [0.5, 0.6) is 0 Å². The molecule has 0 radical (unpaired) electrons. The summed E-state index contributed by atoms with van der Waals surface area (Å²) >= 11 is 0. The van der Waals surface area contributed by atoms with Crippen molar-refractivity contribution < 1.29 is 37.1 Å². The van der Waals surface area contributed by atoms with Crippen molar-refractivity contribution in [3.05, 3.63) is 125 Å². The molecule has 12 heteroatoms. The SMILES string of the molecule is CCN1C(=O)[C@@H](NC(=O)c2cccc(C(F)(F)F)c2)[C@@H](c2ccc(F)cc2)c2c(C/C=C/C(=O)O)nn(-c3ccccc3)c21. The number of aromatic nitrogens is 2. The monoisotopic (exact) mass is 606 g/mol. The predicted molar refractivity (Wildman–Crippen MR) is 153 cm³/mol. The van der Waals surface area contributed by atoms with Gasteiger partial charge in [-0.2, -0.15) is 18.3 Å². The molecule has 0 saturated heterocycles. The number of aliphatic carboxylic acids is 1. The van der Waals surface area contributed by atoms with Crippen molar-refractivity contribution in [2.24, 2.45) is 0 Å². The number of rotatable bonds is 8. The number of nitrogens with zero attached hydrogens (tertiary/aromatic N) is 3. The molecule has 44 heavy (non-hydrogen) atoms. The first-order valence-electron chi connectivity index (χ1n) is 13.6. The van der Waals surface area contributed by atoms with Gasteiger partial charge in [-0.05, 0) is 55.0 Å². The van der Waals surface area contributed by atoms with E-state index in [1.807, 2.05) is 0 Å². The number of nitrogens with one attached hydrogen (secondary N) is 1. The molecule has 226 valence electrons. The molecular formula is C32H26F4N4O4. The van der Waals surface area contributed by atoms with Crippen molar-refractivity contribution in [1.29, 1.82) is 0 Å². The van der Waals surface area contributed by atoms with Crippen LogP contribution in [0.25, 0.3) is 5.69 Å². The van der Waals surface area contributed by atoms with Crippen LogP contribution in [0.3, 0.4) is 0 Å². The van der Waals surface area contributed by atoms with Gasteiger partial charge in [-0.15, -0.1) is 0 Å². The van der Waals surface area contributed by atoms with Crippen molar-refractivity contribution in [3.8, 4) is 5.69 Å². The van der Waals surface area contributed by atoms with Gasteiger partial charge in [-0.25, -0.2) is 13.9 Å². The van der Waals surface area contributed by atoms with Gasteiger partial charge in [0, 0.05) is 36.1 Å². The van der Waals surface area contributed by atoms with Crippen LogP contribution in [-0.2, 0) is 22.2 Å². The van der Waals surface area contributed by atoms with E-state index >= 15 is 0 Å². The number of carboxylic acid groups (broad SMARTS) is 1. The maximum Gasteiger partial charge on any atom is 0.416 e. The lowest BCUT2D eigenvalue weighted by Crippen LogP contribution is -2.55. The van der Waals surface area contributed by atoms with Crippen molar-refractivity contribution in [3.63, 3.8) is 0 Å². The Morgan fingerprint density at radius 1 is 1.02 bits per heavy atom. The molecule has 4 aromatic rings. The highest BCUT2D eigenvalue weighted by atomic mass is 19.4. The summed E-state index contributed by atoms with van der Waals surface area (Å²) in [6, 6.07) is 16.8. The molecule has 0 aliphatic carbocycles. The van der Waals surface area contributed by atoms with Crippen LogP contribution in [0.15, 0.2) is 91.0 Å². The van der Waals surface area contributed by atoms with E-state index in [9.17, 15) is 37.1 Å². The third kappa shape index (κ3) is 5.96. The molecule has 0 unspecified atom stereocenters. The summed E-state index contributed by atoms with van der Waals surface area (Å²) in [6.45, 7) is 1.86. The van der Waals surface area contributed by atoms with E-state index in [0.717, 1.165) is 18.2 Å². The number of hydrogen-bond donors (Lipinski definition) is 2. The zero-order valence-corrected chi connectivity index (χ0v) is 23.3. The summed E-state index contributed by atoms with van der Waals surface area (Å²) in [6.07, 6.45) is -2.30. The maximum atomic E-state index is 14.2. The number of carbonyl (C=O) groups is 3. The third-order valence-electron chi connectivity index (χ3n) is 7.26. The summed E-state index contributed by atoms with van der Waals surface area (Å²) < 4.78 is 55.8. The number of allylic oxidation sites excluding steroid dienone is 1. The number of carboxylic acids is 1. The summed E-state index contributed by atoms with van der Waals surface area (Å²) in [4.78, 5) is 40.3. The number of halogens is 4. The minimum atomic E-state index is -4.69. The minimum Gasteiger partial charge on any atom is -0.478 e. The second-order valence-electron chi connectivity index (χ2n) is 10.0. The van der Waals surface area contributed by atoms with Crippen molar-refractivity contribution >= 4 is 23.6 Å². The van der Waals surface area contributed by atoms with E-state index in [4.69, 9.17) is 5.10 Å². The molecule has 0 fully saturated rings. The number of carbonyl (C=O) groups excluding carboxylic acids is 2. The van der Waals surface area contributed by atoms with Gasteiger partial charge < -0.3 is 10.4 Å². The third-order valence-corrected chi connectivity index (χ3v) is 7.26. The minimum absolute atomic E-state index is 0.0339. The topological polar surface area (TPSA) is 105 Å².